The third kappa shape index (κ3) is 3.09. The largest absolute Gasteiger partial charge is 0.332 e. The zero-order valence-electron chi connectivity index (χ0n) is 16.2. The normalized spacial score (nSPS) is 13.9. The molecule has 0 saturated heterocycles. The molecule has 0 unspecified atom stereocenters. The zero-order valence-corrected chi connectivity index (χ0v) is 17.8. The molecule has 1 aliphatic rings. The van der Waals surface area contributed by atoms with Crippen molar-refractivity contribution < 1.29 is 0 Å². The van der Waals surface area contributed by atoms with Gasteiger partial charge in [0.15, 0.2) is 11.2 Å². The van der Waals surface area contributed by atoms with E-state index in [1.54, 1.807) is 7.05 Å². The van der Waals surface area contributed by atoms with Gasteiger partial charge in [-0.15, -0.1) is 0 Å². The molecule has 0 aliphatic carbocycles. The van der Waals surface area contributed by atoms with Crippen molar-refractivity contribution in [2.24, 2.45) is 7.05 Å². The van der Waals surface area contributed by atoms with E-state index < -0.39 is 0 Å². The van der Waals surface area contributed by atoms with Crippen LogP contribution in [0.25, 0.3) is 11.2 Å². The molecule has 1 aromatic carbocycles. The lowest BCUT2D eigenvalue weighted by molar-refractivity contribution is 0.546. The van der Waals surface area contributed by atoms with Crippen LogP contribution in [0, 0.1) is 0 Å². The first-order chi connectivity index (χ1) is 13.5. The van der Waals surface area contributed by atoms with Crippen LogP contribution in [0.5, 0.6) is 0 Å². The van der Waals surface area contributed by atoms with E-state index in [-0.39, 0.29) is 11.2 Å². The summed E-state index contributed by atoms with van der Waals surface area (Å²) in [5.41, 5.74) is 1.48. The minimum absolute atomic E-state index is 0.231. The molecule has 0 N–H and O–H groups in total. The average molecular weight is 446 g/mol. The van der Waals surface area contributed by atoms with Crippen molar-refractivity contribution in [3.05, 3.63) is 49.6 Å². The molecular formula is C20H24BrN5O2. The second kappa shape index (κ2) is 7.58. The van der Waals surface area contributed by atoms with Gasteiger partial charge in [-0.3, -0.25) is 13.9 Å². The predicted octanol–water partition coefficient (Wildman–Crippen LogP) is 3.39. The Bertz CT molecular complexity index is 1130. The molecule has 148 valence electrons. The topological polar surface area (TPSA) is 65.1 Å². The third-order valence-corrected chi connectivity index (χ3v) is 5.87. The van der Waals surface area contributed by atoms with E-state index in [4.69, 9.17) is 4.98 Å². The highest BCUT2D eigenvalue weighted by molar-refractivity contribution is 9.10. The van der Waals surface area contributed by atoms with Gasteiger partial charge in [0.1, 0.15) is 0 Å². The van der Waals surface area contributed by atoms with Crippen LogP contribution >= 0.6 is 15.9 Å². The van der Waals surface area contributed by atoms with Crippen LogP contribution in [0.3, 0.4) is 0 Å². The summed E-state index contributed by atoms with van der Waals surface area (Å²) < 4.78 is 5.86. The van der Waals surface area contributed by atoms with Gasteiger partial charge in [-0.25, -0.2) is 4.79 Å². The second-order valence-electron chi connectivity index (χ2n) is 7.22. The maximum absolute atomic E-state index is 13.2. The first-order valence-corrected chi connectivity index (χ1v) is 10.6. The van der Waals surface area contributed by atoms with Crippen LogP contribution in [0.2, 0.25) is 0 Å². The molecular weight excluding hydrogens is 422 g/mol. The fourth-order valence-electron chi connectivity index (χ4n) is 3.85. The van der Waals surface area contributed by atoms with Gasteiger partial charge in [-0.1, -0.05) is 35.7 Å². The molecule has 0 saturated carbocycles. The summed E-state index contributed by atoms with van der Waals surface area (Å²) in [4.78, 5) is 32.8. The predicted molar refractivity (Wildman–Crippen MR) is 115 cm³/mol. The second-order valence-corrected chi connectivity index (χ2v) is 8.14. The lowest BCUT2D eigenvalue weighted by Crippen LogP contribution is -2.40. The Balaban J connectivity index is 1.88. The number of nitrogens with zero attached hydrogens (tertiary/aromatic N) is 5. The van der Waals surface area contributed by atoms with E-state index in [0.717, 1.165) is 54.9 Å². The van der Waals surface area contributed by atoms with Gasteiger partial charge in [-0.2, -0.15) is 4.98 Å². The zero-order chi connectivity index (χ0) is 19.8. The molecule has 3 aromatic rings. The number of anilines is 2. The van der Waals surface area contributed by atoms with Gasteiger partial charge in [-0.05, 0) is 37.1 Å². The molecule has 0 spiro atoms. The van der Waals surface area contributed by atoms with E-state index in [1.807, 2.05) is 28.8 Å². The highest BCUT2D eigenvalue weighted by atomic mass is 79.9. The number of aromatic nitrogens is 4. The van der Waals surface area contributed by atoms with Crippen molar-refractivity contribution in [3.63, 3.8) is 0 Å². The van der Waals surface area contributed by atoms with E-state index in [0.29, 0.717) is 17.7 Å². The van der Waals surface area contributed by atoms with Crippen LogP contribution in [-0.4, -0.2) is 25.2 Å². The number of benzene rings is 1. The smallest absolute Gasteiger partial charge is 0.312 e. The first-order valence-electron chi connectivity index (χ1n) is 9.76. The molecule has 0 radical (unpaired) electrons. The molecule has 7 nitrogen and oxygen atoms in total. The minimum Gasteiger partial charge on any atom is -0.312 e. The fourth-order valence-corrected chi connectivity index (χ4v) is 4.11. The molecule has 0 fully saturated rings. The van der Waals surface area contributed by atoms with Gasteiger partial charge in [0.25, 0.3) is 5.56 Å². The van der Waals surface area contributed by atoms with Crippen molar-refractivity contribution in [2.75, 3.05) is 11.4 Å². The number of halogens is 1. The van der Waals surface area contributed by atoms with Crippen LogP contribution < -0.4 is 16.1 Å². The molecule has 0 atom stereocenters. The van der Waals surface area contributed by atoms with Gasteiger partial charge in [0.2, 0.25) is 5.95 Å². The van der Waals surface area contributed by atoms with Crippen LogP contribution in [-0.2, 0) is 20.1 Å². The van der Waals surface area contributed by atoms with Gasteiger partial charge in [0, 0.05) is 36.8 Å². The highest BCUT2D eigenvalue weighted by Gasteiger charge is 2.26. The Hall–Kier alpha value is -2.35. The molecule has 3 heterocycles. The molecule has 2 aromatic heterocycles. The molecule has 1 aliphatic heterocycles. The van der Waals surface area contributed by atoms with Gasteiger partial charge < -0.3 is 9.47 Å². The lowest BCUT2D eigenvalue weighted by atomic mass is 10.2. The number of hydrogen-bond acceptors (Lipinski definition) is 4. The summed E-state index contributed by atoms with van der Waals surface area (Å²) in [5.74, 6) is 0.724. The maximum atomic E-state index is 13.2. The van der Waals surface area contributed by atoms with Crippen molar-refractivity contribution in [3.8, 4) is 0 Å². The molecule has 0 amide bonds. The summed E-state index contributed by atoms with van der Waals surface area (Å²) in [7, 11) is 1.70. The average Bonchev–Trinajstić information content (AvgIpc) is 3.09. The lowest BCUT2D eigenvalue weighted by Gasteiger charge is -2.29. The number of aryl methyl sites for hydroxylation is 2. The van der Waals surface area contributed by atoms with Crippen molar-refractivity contribution in [1.82, 2.24) is 18.7 Å². The van der Waals surface area contributed by atoms with E-state index in [1.165, 1.54) is 9.13 Å². The number of imidazole rings is 1. The fraction of sp³-hybridized carbons (Fsp3) is 0.450. The van der Waals surface area contributed by atoms with E-state index in [2.05, 4.69) is 27.8 Å². The van der Waals surface area contributed by atoms with E-state index in [9.17, 15) is 9.59 Å². The van der Waals surface area contributed by atoms with Crippen LogP contribution in [0.4, 0.5) is 11.6 Å². The minimum atomic E-state index is -0.292. The number of fused-ring (bicyclic) bond motifs is 3. The Kier molecular flexibility index (Phi) is 5.14. The summed E-state index contributed by atoms with van der Waals surface area (Å²) in [5, 5.41) is 0. The SMILES string of the molecule is CCCCCn1c(=O)c2c(nc3n2CCCN3c2ccc(Br)cc2)n(C)c1=O. The Labute approximate surface area is 171 Å². The number of rotatable bonds is 5. The maximum Gasteiger partial charge on any atom is 0.332 e. The molecule has 4 rings (SSSR count). The molecule has 0 bridgehead atoms. The first kappa shape index (κ1) is 19.0. The Morgan fingerprint density at radius 3 is 2.57 bits per heavy atom. The quantitative estimate of drug-likeness (QED) is 0.564. The monoisotopic (exact) mass is 445 g/mol. The van der Waals surface area contributed by atoms with E-state index >= 15 is 0 Å². The summed E-state index contributed by atoms with van der Waals surface area (Å²) in [6, 6.07) is 8.04. The molecule has 8 heteroatoms. The van der Waals surface area contributed by atoms with Crippen molar-refractivity contribution in [1.29, 1.82) is 0 Å². The number of hydrogen-bond donors (Lipinski definition) is 0. The van der Waals surface area contributed by atoms with Crippen molar-refractivity contribution >= 4 is 38.7 Å². The standard InChI is InChI=1S/C20H24BrN5O2/c1-3-4-5-11-26-18(27)16-17(23(2)20(26)28)22-19-24(12-6-13-25(16)19)15-9-7-14(21)8-10-15/h7-10H,3-6,11-13H2,1-2H3. The van der Waals surface area contributed by atoms with Gasteiger partial charge >= 0.3 is 5.69 Å². The summed E-state index contributed by atoms with van der Waals surface area (Å²) >= 11 is 3.47. The summed E-state index contributed by atoms with van der Waals surface area (Å²) in [6.07, 6.45) is 3.77. The Morgan fingerprint density at radius 1 is 1.11 bits per heavy atom. The Morgan fingerprint density at radius 2 is 1.86 bits per heavy atom. The highest BCUT2D eigenvalue weighted by Crippen LogP contribution is 2.31. The van der Waals surface area contributed by atoms with Crippen LogP contribution in [0.1, 0.15) is 32.6 Å². The number of unbranched alkanes of at least 4 members (excludes halogenated alkanes) is 2. The third-order valence-electron chi connectivity index (χ3n) is 5.34. The van der Waals surface area contributed by atoms with Gasteiger partial charge in [0.05, 0.1) is 0 Å². The van der Waals surface area contributed by atoms with Crippen molar-refractivity contribution in [2.45, 2.75) is 45.7 Å². The summed E-state index contributed by atoms with van der Waals surface area (Å²) in [6.45, 7) is 4.10. The molecule has 28 heavy (non-hydrogen) atoms. The van der Waals surface area contributed by atoms with Crippen LogP contribution in [0.15, 0.2) is 38.3 Å².